The SMILES string of the molecule is Cc1ccc(F)c(NC(=O)C2=Cc3ccccc3OC2)c1. The van der Waals surface area contributed by atoms with Gasteiger partial charge in [0.05, 0.1) is 11.3 Å². The molecule has 2 aromatic carbocycles. The summed E-state index contributed by atoms with van der Waals surface area (Å²) in [6.07, 6.45) is 1.77. The van der Waals surface area contributed by atoms with E-state index in [-0.39, 0.29) is 18.2 Å². The molecule has 1 aliphatic rings. The van der Waals surface area contributed by atoms with Crippen LogP contribution in [0.2, 0.25) is 0 Å². The molecule has 0 saturated heterocycles. The third-order valence-corrected chi connectivity index (χ3v) is 3.29. The summed E-state index contributed by atoms with van der Waals surface area (Å²) in [5, 5.41) is 2.59. The minimum absolute atomic E-state index is 0.177. The van der Waals surface area contributed by atoms with Gasteiger partial charge in [0.25, 0.3) is 5.91 Å². The molecule has 21 heavy (non-hydrogen) atoms. The van der Waals surface area contributed by atoms with Gasteiger partial charge < -0.3 is 10.1 Å². The molecule has 1 aliphatic heterocycles. The smallest absolute Gasteiger partial charge is 0.255 e. The number of rotatable bonds is 2. The van der Waals surface area contributed by atoms with Crippen LogP contribution in [0.4, 0.5) is 10.1 Å². The summed E-state index contributed by atoms with van der Waals surface area (Å²) in [5.41, 5.74) is 2.37. The molecule has 3 rings (SSSR count). The van der Waals surface area contributed by atoms with Crippen LogP contribution >= 0.6 is 0 Å². The average molecular weight is 283 g/mol. The van der Waals surface area contributed by atoms with E-state index in [4.69, 9.17) is 4.74 Å². The molecule has 0 atom stereocenters. The van der Waals surface area contributed by atoms with Crippen molar-refractivity contribution in [3.05, 3.63) is 65.0 Å². The Morgan fingerprint density at radius 2 is 2.05 bits per heavy atom. The van der Waals surface area contributed by atoms with Crippen LogP contribution in [0.1, 0.15) is 11.1 Å². The molecule has 2 aromatic rings. The van der Waals surface area contributed by atoms with Gasteiger partial charge in [0.1, 0.15) is 18.2 Å². The van der Waals surface area contributed by atoms with Crippen LogP contribution in [0.15, 0.2) is 48.0 Å². The first kappa shape index (κ1) is 13.4. The molecule has 1 heterocycles. The quantitative estimate of drug-likeness (QED) is 0.915. The summed E-state index contributed by atoms with van der Waals surface area (Å²) in [5.74, 6) is -0.0588. The van der Waals surface area contributed by atoms with Gasteiger partial charge >= 0.3 is 0 Å². The first-order valence-corrected chi connectivity index (χ1v) is 6.63. The highest BCUT2D eigenvalue weighted by molar-refractivity contribution is 6.07. The van der Waals surface area contributed by atoms with E-state index in [0.717, 1.165) is 16.9 Å². The molecule has 0 spiro atoms. The van der Waals surface area contributed by atoms with Gasteiger partial charge in [0.15, 0.2) is 0 Å². The predicted octanol–water partition coefficient (Wildman–Crippen LogP) is 3.55. The third kappa shape index (κ3) is 2.79. The number of hydrogen-bond donors (Lipinski definition) is 1. The van der Waals surface area contributed by atoms with Gasteiger partial charge in [0, 0.05) is 5.56 Å². The number of benzene rings is 2. The number of amides is 1. The van der Waals surface area contributed by atoms with E-state index in [2.05, 4.69) is 5.32 Å². The van der Waals surface area contributed by atoms with Crippen LogP contribution in [0.5, 0.6) is 5.75 Å². The molecular weight excluding hydrogens is 269 g/mol. The van der Waals surface area contributed by atoms with Gasteiger partial charge in [-0.3, -0.25) is 4.79 Å². The number of carbonyl (C=O) groups is 1. The molecule has 0 fully saturated rings. The Morgan fingerprint density at radius 3 is 2.90 bits per heavy atom. The monoisotopic (exact) mass is 283 g/mol. The number of fused-ring (bicyclic) bond motifs is 1. The Balaban J connectivity index is 1.84. The summed E-state index contributed by atoms with van der Waals surface area (Å²) in [6, 6.07) is 12.1. The molecule has 0 aromatic heterocycles. The minimum Gasteiger partial charge on any atom is -0.488 e. The second-order valence-electron chi connectivity index (χ2n) is 4.93. The van der Waals surface area contributed by atoms with Crippen LogP contribution < -0.4 is 10.1 Å². The normalized spacial score (nSPS) is 13.0. The van der Waals surface area contributed by atoms with Crippen LogP contribution in [0.3, 0.4) is 0 Å². The molecule has 4 heteroatoms. The second-order valence-corrected chi connectivity index (χ2v) is 4.93. The van der Waals surface area contributed by atoms with Crippen molar-refractivity contribution < 1.29 is 13.9 Å². The Bertz CT molecular complexity index is 737. The summed E-state index contributed by atoms with van der Waals surface area (Å²) in [6.45, 7) is 2.02. The number of carbonyl (C=O) groups excluding carboxylic acids is 1. The average Bonchev–Trinajstić information content (AvgIpc) is 2.50. The molecule has 3 nitrogen and oxygen atoms in total. The Labute approximate surface area is 122 Å². The summed E-state index contributed by atoms with van der Waals surface area (Å²) in [4.78, 5) is 12.2. The highest BCUT2D eigenvalue weighted by Crippen LogP contribution is 2.26. The third-order valence-electron chi connectivity index (χ3n) is 3.29. The van der Waals surface area contributed by atoms with Gasteiger partial charge in [-0.1, -0.05) is 24.3 Å². The molecule has 1 N–H and O–H groups in total. The van der Waals surface area contributed by atoms with Gasteiger partial charge in [-0.15, -0.1) is 0 Å². The topological polar surface area (TPSA) is 38.3 Å². The first-order chi connectivity index (χ1) is 10.1. The van der Waals surface area contributed by atoms with E-state index in [0.29, 0.717) is 5.57 Å². The minimum atomic E-state index is -0.452. The van der Waals surface area contributed by atoms with Crippen molar-refractivity contribution in [1.29, 1.82) is 0 Å². The Hall–Kier alpha value is -2.62. The molecule has 0 radical (unpaired) electrons. The summed E-state index contributed by atoms with van der Waals surface area (Å²) in [7, 11) is 0. The number of aryl methyl sites for hydroxylation is 1. The van der Waals surface area contributed by atoms with Crippen LogP contribution in [-0.2, 0) is 4.79 Å². The van der Waals surface area contributed by atoms with Crippen molar-refractivity contribution in [2.75, 3.05) is 11.9 Å². The maximum atomic E-state index is 13.7. The fourth-order valence-electron chi connectivity index (χ4n) is 2.18. The molecule has 0 unspecified atom stereocenters. The molecule has 0 saturated carbocycles. The zero-order chi connectivity index (χ0) is 14.8. The lowest BCUT2D eigenvalue weighted by Crippen LogP contribution is -2.21. The molecular formula is C17H14FNO2. The van der Waals surface area contributed by atoms with E-state index in [1.807, 2.05) is 31.2 Å². The van der Waals surface area contributed by atoms with E-state index in [1.54, 1.807) is 18.2 Å². The van der Waals surface area contributed by atoms with Crippen molar-refractivity contribution in [1.82, 2.24) is 0 Å². The number of hydrogen-bond acceptors (Lipinski definition) is 2. The maximum Gasteiger partial charge on any atom is 0.255 e. The van der Waals surface area contributed by atoms with E-state index >= 15 is 0 Å². The van der Waals surface area contributed by atoms with Gasteiger partial charge in [0.2, 0.25) is 0 Å². The van der Waals surface area contributed by atoms with Crippen molar-refractivity contribution in [2.45, 2.75) is 6.92 Å². The van der Waals surface area contributed by atoms with E-state index in [9.17, 15) is 9.18 Å². The lowest BCUT2D eigenvalue weighted by atomic mass is 10.1. The lowest BCUT2D eigenvalue weighted by molar-refractivity contribution is -0.113. The van der Waals surface area contributed by atoms with E-state index < -0.39 is 5.82 Å². The fourth-order valence-corrected chi connectivity index (χ4v) is 2.18. The summed E-state index contributed by atoms with van der Waals surface area (Å²) < 4.78 is 19.2. The number of nitrogens with one attached hydrogen (secondary N) is 1. The predicted molar refractivity (Wildman–Crippen MR) is 79.7 cm³/mol. The zero-order valence-corrected chi connectivity index (χ0v) is 11.5. The second kappa shape index (κ2) is 5.40. The Kier molecular flexibility index (Phi) is 3.44. The highest BCUT2D eigenvalue weighted by atomic mass is 19.1. The fraction of sp³-hybridized carbons (Fsp3) is 0.118. The standard InChI is InChI=1S/C17H14FNO2/c1-11-6-7-14(18)15(8-11)19-17(20)13-9-12-4-2-3-5-16(12)21-10-13/h2-9H,10H2,1H3,(H,19,20). The molecule has 1 amide bonds. The Morgan fingerprint density at radius 1 is 1.24 bits per heavy atom. The van der Waals surface area contributed by atoms with Gasteiger partial charge in [-0.05, 0) is 36.8 Å². The summed E-state index contributed by atoms with van der Waals surface area (Å²) >= 11 is 0. The first-order valence-electron chi connectivity index (χ1n) is 6.63. The van der Waals surface area contributed by atoms with Crippen molar-refractivity contribution in [3.8, 4) is 5.75 Å². The van der Waals surface area contributed by atoms with Gasteiger partial charge in [-0.25, -0.2) is 4.39 Å². The van der Waals surface area contributed by atoms with Crippen LogP contribution in [0.25, 0.3) is 6.08 Å². The molecule has 0 bridgehead atoms. The van der Waals surface area contributed by atoms with Gasteiger partial charge in [-0.2, -0.15) is 0 Å². The molecule has 106 valence electrons. The number of halogens is 1. The van der Waals surface area contributed by atoms with Crippen molar-refractivity contribution in [3.63, 3.8) is 0 Å². The largest absolute Gasteiger partial charge is 0.488 e. The van der Waals surface area contributed by atoms with Crippen LogP contribution in [0, 0.1) is 12.7 Å². The molecule has 0 aliphatic carbocycles. The lowest BCUT2D eigenvalue weighted by Gasteiger charge is -2.17. The zero-order valence-electron chi connectivity index (χ0n) is 11.5. The number of para-hydroxylation sites is 1. The van der Waals surface area contributed by atoms with E-state index in [1.165, 1.54) is 6.07 Å². The highest BCUT2D eigenvalue weighted by Gasteiger charge is 2.18. The number of anilines is 1. The number of ether oxygens (including phenoxy) is 1. The van der Waals surface area contributed by atoms with Crippen molar-refractivity contribution in [2.24, 2.45) is 0 Å². The van der Waals surface area contributed by atoms with Crippen LogP contribution in [-0.4, -0.2) is 12.5 Å². The maximum absolute atomic E-state index is 13.7. The van der Waals surface area contributed by atoms with Crippen molar-refractivity contribution >= 4 is 17.7 Å².